The topological polar surface area (TPSA) is 97.3 Å². The van der Waals surface area contributed by atoms with E-state index >= 15 is 0 Å². The highest BCUT2D eigenvalue weighted by molar-refractivity contribution is 5.90. The van der Waals surface area contributed by atoms with Crippen LogP contribution in [0.1, 0.15) is 21.5 Å². The number of methoxy groups -OCH3 is 1. The molecule has 0 aliphatic carbocycles. The summed E-state index contributed by atoms with van der Waals surface area (Å²) < 4.78 is 16.1. The van der Waals surface area contributed by atoms with Crippen LogP contribution in [0, 0.1) is 0 Å². The van der Waals surface area contributed by atoms with Gasteiger partial charge >= 0.3 is 5.97 Å². The van der Waals surface area contributed by atoms with Crippen LogP contribution in [-0.4, -0.2) is 49.1 Å². The van der Waals surface area contributed by atoms with Gasteiger partial charge in [-0.05, 0) is 61.0 Å². The van der Waals surface area contributed by atoms with Crippen LogP contribution in [-0.2, 0) is 17.8 Å². The first kappa shape index (κ1) is 24.1. The molecule has 0 amide bonds. The lowest BCUT2D eigenvalue weighted by molar-refractivity contribution is 0.0597. The summed E-state index contributed by atoms with van der Waals surface area (Å²) in [7, 11) is 1.36. The molecule has 0 aromatic heterocycles. The van der Waals surface area contributed by atoms with Gasteiger partial charge < -0.3 is 29.7 Å². The lowest BCUT2D eigenvalue weighted by atomic mass is 10.1. The second-order valence-corrected chi connectivity index (χ2v) is 7.49. The van der Waals surface area contributed by atoms with E-state index in [0.717, 1.165) is 17.5 Å². The Balaban J connectivity index is 1.36. The van der Waals surface area contributed by atoms with Crippen LogP contribution in [0.25, 0.3) is 0 Å². The maximum atomic E-state index is 11.9. The first-order valence-corrected chi connectivity index (χ1v) is 10.7. The number of aliphatic hydroxyl groups excluding tert-OH is 1. The van der Waals surface area contributed by atoms with Gasteiger partial charge in [-0.2, -0.15) is 0 Å². The van der Waals surface area contributed by atoms with Gasteiger partial charge in [-0.15, -0.1) is 0 Å². The van der Waals surface area contributed by atoms with Crippen LogP contribution in [0.3, 0.4) is 0 Å². The normalized spacial score (nSPS) is 11.6. The molecule has 0 heterocycles. The maximum Gasteiger partial charge on any atom is 0.338 e. The van der Waals surface area contributed by atoms with Crippen LogP contribution in [0.4, 0.5) is 0 Å². The molecule has 3 rings (SSSR count). The zero-order chi connectivity index (χ0) is 23.5. The average molecular weight is 452 g/mol. The molecule has 1 atom stereocenters. The number of phenolic OH excluding ortho intramolecular Hbond substituents is 1. The van der Waals surface area contributed by atoms with E-state index < -0.39 is 6.10 Å². The summed E-state index contributed by atoms with van der Waals surface area (Å²) in [6, 6.07) is 21.4. The molecule has 0 aliphatic heterocycles. The number of esters is 1. The molecule has 7 nitrogen and oxygen atoms in total. The highest BCUT2D eigenvalue weighted by Crippen LogP contribution is 2.17. The van der Waals surface area contributed by atoms with Gasteiger partial charge in [-0.25, -0.2) is 4.79 Å². The van der Waals surface area contributed by atoms with Crippen LogP contribution >= 0.6 is 0 Å². The lowest BCUT2D eigenvalue weighted by Crippen LogP contribution is -2.32. The Morgan fingerprint density at radius 1 is 0.939 bits per heavy atom. The van der Waals surface area contributed by atoms with Crippen molar-refractivity contribution < 1.29 is 29.2 Å². The number of aliphatic hydroxyl groups is 1. The van der Waals surface area contributed by atoms with Crippen LogP contribution in [0.5, 0.6) is 17.2 Å². The van der Waals surface area contributed by atoms with Crippen molar-refractivity contribution in [3.63, 3.8) is 0 Å². The molecular weight excluding hydrogens is 422 g/mol. The molecule has 0 bridgehead atoms. The van der Waals surface area contributed by atoms with E-state index in [-0.39, 0.29) is 24.9 Å². The number of ether oxygens (including phenoxy) is 3. The van der Waals surface area contributed by atoms with E-state index in [4.69, 9.17) is 14.2 Å². The standard InChI is InChI=1S/C26H29NO6/c1-31-26(30)25-5-3-2-4-20(25)17-32-23-10-6-19(7-11-23)14-15-27-16-22(29)18-33-24-12-8-21(28)9-13-24/h2-13,22,27-29H,14-18H2,1H3/t22-/m0/s1. The van der Waals surface area contributed by atoms with Gasteiger partial charge in [0.1, 0.15) is 36.6 Å². The number of phenols is 1. The molecule has 0 saturated heterocycles. The van der Waals surface area contributed by atoms with Crippen molar-refractivity contribution in [3.8, 4) is 17.2 Å². The van der Waals surface area contributed by atoms with E-state index in [1.165, 1.54) is 19.2 Å². The summed E-state index contributed by atoms with van der Waals surface area (Å²) in [5, 5.41) is 22.5. The molecule has 0 aliphatic rings. The van der Waals surface area contributed by atoms with Crippen molar-refractivity contribution in [2.45, 2.75) is 19.1 Å². The highest BCUT2D eigenvalue weighted by Gasteiger charge is 2.11. The third-order valence-corrected chi connectivity index (χ3v) is 4.99. The van der Waals surface area contributed by atoms with Gasteiger partial charge in [-0.1, -0.05) is 30.3 Å². The summed E-state index contributed by atoms with van der Waals surface area (Å²) in [6.45, 7) is 1.57. The van der Waals surface area contributed by atoms with Gasteiger partial charge in [0.05, 0.1) is 12.7 Å². The number of aromatic hydroxyl groups is 1. The second-order valence-electron chi connectivity index (χ2n) is 7.49. The molecule has 0 spiro atoms. The average Bonchev–Trinajstić information content (AvgIpc) is 2.85. The first-order chi connectivity index (χ1) is 16.0. The zero-order valence-corrected chi connectivity index (χ0v) is 18.6. The highest BCUT2D eigenvalue weighted by atomic mass is 16.5. The largest absolute Gasteiger partial charge is 0.508 e. The van der Waals surface area contributed by atoms with Gasteiger partial charge in [0.2, 0.25) is 0 Å². The van der Waals surface area contributed by atoms with E-state index in [0.29, 0.717) is 30.2 Å². The predicted octanol–water partition coefficient (Wildman–Crippen LogP) is 3.33. The fourth-order valence-electron chi connectivity index (χ4n) is 3.16. The summed E-state index contributed by atoms with van der Waals surface area (Å²) in [4.78, 5) is 11.9. The molecule has 0 unspecified atom stereocenters. The molecule has 3 N–H and O–H groups in total. The molecule has 7 heteroatoms. The van der Waals surface area contributed by atoms with Gasteiger partial charge in [-0.3, -0.25) is 0 Å². The molecule has 3 aromatic carbocycles. The maximum absolute atomic E-state index is 11.9. The van der Waals surface area contributed by atoms with E-state index in [9.17, 15) is 15.0 Å². The monoisotopic (exact) mass is 451 g/mol. The first-order valence-electron chi connectivity index (χ1n) is 10.7. The van der Waals surface area contributed by atoms with Crippen molar-refractivity contribution in [1.29, 1.82) is 0 Å². The van der Waals surface area contributed by atoms with Crippen LogP contribution in [0.2, 0.25) is 0 Å². The summed E-state index contributed by atoms with van der Waals surface area (Å²) in [6.07, 6.45) is 0.166. The molecule has 174 valence electrons. The number of carbonyl (C=O) groups is 1. The van der Waals surface area contributed by atoms with Crippen LogP contribution < -0.4 is 14.8 Å². The molecular formula is C26H29NO6. The quantitative estimate of drug-likeness (QED) is 0.287. The lowest BCUT2D eigenvalue weighted by Gasteiger charge is -2.13. The van der Waals surface area contributed by atoms with Crippen LogP contribution in [0.15, 0.2) is 72.8 Å². The number of benzene rings is 3. The minimum atomic E-state index is -0.637. The molecule has 0 radical (unpaired) electrons. The Morgan fingerprint density at radius 3 is 2.33 bits per heavy atom. The molecule has 3 aromatic rings. The van der Waals surface area contributed by atoms with Gasteiger partial charge in [0, 0.05) is 12.1 Å². The zero-order valence-electron chi connectivity index (χ0n) is 18.6. The molecule has 0 saturated carbocycles. The summed E-state index contributed by atoms with van der Waals surface area (Å²) in [5.41, 5.74) is 2.41. The number of nitrogens with one attached hydrogen (secondary N) is 1. The number of rotatable bonds is 12. The van der Waals surface area contributed by atoms with Gasteiger partial charge in [0.15, 0.2) is 0 Å². The Labute approximate surface area is 193 Å². The fourth-order valence-corrected chi connectivity index (χ4v) is 3.16. The van der Waals surface area contributed by atoms with E-state index in [1.807, 2.05) is 36.4 Å². The Kier molecular flexibility index (Phi) is 9.11. The van der Waals surface area contributed by atoms with Crippen molar-refractivity contribution in [3.05, 3.63) is 89.5 Å². The van der Waals surface area contributed by atoms with Crippen molar-refractivity contribution >= 4 is 5.97 Å². The Hall–Kier alpha value is -3.55. The Morgan fingerprint density at radius 2 is 1.61 bits per heavy atom. The smallest absolute Gasteiger partial charge is 0.338 e. The van der Waals surface area contributed by atoms with Crippen molar-refractivity contribution in [1.82, 2.24) is 5.32 Å². The van der Waals surface area contributed by atoms with Crippen molar-refractivity contribution in [2.75, 3.05) is 26.8 Å². The summed E-state index contributed by atoms with van der Waals surface area (Å²) in [5.74, 6) is 1.11. The van der Waals surface area contributed by atoms with Crippen molar-refractivity contribution in [2.24, 2.45) is 0 Å². The fraction of sp³-hybridized carbons (Fsp3) is 0.269. The minimum Gasteiger partial charge on any atom is -0.508 e. The third kappa shape index (κ3) is 7.82. The number of hydrogen-bond donors (Lipinski definition) is 3. The second kappa shape index (κ2) is 12.5. The number of hydrogen-bond acceptors (Lipinski definition) is 7. The van der Waals surface area contributed by atoms with E-state index in [1.54, 1.807) is 24.3 Å². The number of carbonyl (C=O) groups excluding carboxylic acids is 1. The SMILES string of the molecule is COC(=O)c1ccccc1COc1ccc(CCNC[C@H](O)COc2ccc(O)cc2)cc1. The molecule has 33 heavy (non-hydrogen) atoms. The Bertz CT molecular complexity index is 1000. The summed E-state index contributed by atoms with van der Waals surface area (Å²) >= 11 is 0. The third-order valence-electron chi connectivity index (χ3n) is 4.99. The predicted molar refractivity (Wildman–Crippen MR) is 125 cm³/mol. The molecule has 0 fully saturated rings. The minimum absolute atomic E-state index is 0.170. The van der Waals surface area contributed by atoms with E-state index in [2.05, 4.69) is 5.32 Å². The van der Waals surface area contributed by atoms with Gasteiger partial charge in [0.25, 0.3) is 0 Å².